The number of benzene rings is 1. The van der Waals surface area contributed by atoms with Gasteiger partial charge in [0.2, 0.25) is 0 Å². The smallest absolute Gasteiger partial charge is 0.399 e. The van der Waals surface area contributed by atoms with Crippen molar-refractivity contribution in [3.05, 3.63) is 29.6 Å². The Kier molecular flexibility index (Phi) is 4.32. The zero-order chi connectivity index (χ0) is 16.8. The van der Waals surface area contributed by atoms with Crippen molar-refractivity contribution in [2.75, 3.05) is 20.1 Å². The van der Waals surface area contributed by atoms with Gasteiger partial charge in [0, 0.05) is 5.46 Å². The maximum absolute atomic E-state index is 14.7. The lowest BCUT2D eigenvalue weighted by atomic mass is 9.77. The molecule has 0 unspecified atom stereocenters. The predicted molar refractivity (Wildman–Crippen MR) is 91.6 cm³/mol. The fourth-order valence-corrected chi connectivity index (χ4v) is 3.30. The molecule has 5 heteroatoms. The summed E-state index contributed by atoms with van der Waals surface area (Å²) in [6.07, 6.45) is 2.18. The minimum atomic E-state index is -0.633. The van der Waals surface area contributed by atoms with Gasteiger partial charge in [0.05, 0.1) is 11.2 Å². The summed E-state index contributed by atoms with van der Waals surface area (Å²) in [5.41, 5.74) is 0.698. The minimum absolute atomic E-state index is 0.222. The van der Waals surface area contributed by atoms with Gasteiger partial charge in [0.25, 0.3) is 0 Å². The third-order valence-corrected chi connectivity index (χ3v) is 5.72. The molecule has 23 heavy (non-hydrogen) atoms. The van der Waals surface area contributed by atoms with Crippen molar-refractivity contribution >= 4 is 12.6 Å². The van der Waals surface area contributed by atoms with Crippen LogP contribution in [-0.2, 0) is 9.31 Å². The first kappa shape index (κ1) is 16.9. The molecule has 0 aromatic heterocycles. The Morgan fingerprint density at radius 1 is 1.09 bits per heavy atom. The summed E-state index contributed by atoms with van der Waals surface area (Å²) in [5, 5.41) is 0. The molecule has 0 radical (unpaired) electrons. The van der Waals surface area contributed by atoms with Crippen LogP contribution in [0.5, 0.6) is 0 Å². The van der Waals surface area contributed by atoms with E-state index in [9.17, 15) is 4.39 Å². The fraction of sp³-hybridized carbons (Fsp3) is 0.667. The molecule has 0 bridgehead atoms. The van der Waals surface area contributed by atoms with E-state index in [1.165, 1.54) is 0 Å². The number of nitrogens with zero attached hydrogens (tertiary/aromatic N) is 1. The van der Waals surface area contributed by atoms with E-state index < -0.39 is 18.3 Å². The van der Waals surface area contributed by atoms with Gasteiger partial charge < -0.3 is 14.2 Å². The van der Waals surface area contributed by atoms with Crippen LogP contribution in [0, 0.1) is 5.82 Å². The van der Waals surface area contributed by atoms with Crippen LogP contribution >= 0.6 is 0 Å². The minimum Gasteiger partial charge on any atom is -0.399 e. The molecule has 0 aliphatic carbocycles. The molecule has 2 fully saturated rings. The summed E-state index contributed by atoms with van der Waals surface area (Å²) in [4.78, 5) is 2.32. The molecule has 2 saturated heterocycles. The second-order valence-corrected chi connectivity index (χ2v) is 7.95. The third kappa shape index (κ3) is 3.19. The summed E-state index contributed by atoms with van der Waals surface area (Å²) in [6, 6.07) is 5.56. The van der Waals surface area contributed by atoms with E-state index in [0.717, 1.165) is 31.5 Å². The van der Waals surface area contributed by atoms with Crippen molar-refractivity contribution < 1.29 is 13.7 Å². The molecule has 1 aromatic carbocycles. The molecular weight excluding hydrogens is 292 g/mol. The largest absolute Gasteiger partial charge is 0.497 e. The van der Waals surface area contributed by atoms with E-state index >= 15 is 0 Å². The maximum atomic E-state index is 14.7. The van der Waals surface area contributed by atoms with Crippen molar-refractivity contribution in [1.29, 1.82) is 0 Å². The average Bonchev–Trinajstić information content (AvgIpc) is 2.68. The number of hydrogen-bond donors (Lipinski definition) is 0. The fourth-order valence-electron chi connectivity index (χ4n) is 3.30. The molecule has 3 rings (SSSR count). The van der Waals surface area contributed by atoms with Crippen molar-refractivity contribution in [3.8, 4) is 0 Å². The van der Waals surface area contributed by atoms with Crippen molar-refractivity contribution in [2.24, 2.45) is 0 Å². The van der Waals surface area contributed by atoms with Crippen LogP contribution in [0.3, 0.4) is 0 Å². The maximum Gasteiger partial charge on any atom is 0.497 e. The molecule has 2 heterocycles. The highest BCUT2D eigenvalue weighted by Crippen LogP contribution is 2.37. The lowest BCUT2D eigenvalue weighted by Crippen LogP contribution is -2.41. The van der Waals surface area contributed by atoms with Gasteiger partial charge in [-0.15, -0.1) is 0 Å². The van der Waals surface area contributed by atoms with Crippen LogP contribution in [0.1, 0.15) is 52.0 Å². The topological polar surface area (TPSA) is 21.7 Å². The SMILES string of the molecule is CN1CCC(c2ccc(B3OC(C)(C)C(C)(C)O3)c(F)c2)CC1. The van der Waals surface area contributed by atoms with E-state index in [1.807, 2.05) is 39.8 Å². The number of piperidine rings is 1. The van der Waals surface area contributed by atoms with Gasteiger partial charge in [-0.05, 0) is 78.2 Å². The monoisotopic (exact) mass is 319 g/mol. The second-order valence-electron chi connectivity index (χ2n) is 7.95. The number of likely N-dealkylation sites (tertiary alicyclic amines) is 1. The van der Waals surface area contributed by atoms with Gasteiger partial charge in [-0.25, -0.2) is 4.39 Å². The molecule has 3 nitrogen and oxygen atoms in total. The summed E-state index contributed by atoms with van der Waals surface area (Å²) in [6.45, 7) is 10.1. The van der Waals surface area contributed by atoms with Crippen LogP contribution < -0.4 is 5.46 Å². The van der Waals surface area contributed by atoms with E-state index in [0.29, 0.717) is 11.4 Å². The van der Waals surface area contributed by atoms with Crippen LogP contribution in [0.25, 0.3) is 0 Å². The summed E-state index contributed by atoms with van der Waals surface area (Å²) < 4.78 is 26.6. The Morgan fingerprint density at radius 2 is 1.65 bits per heavy atom. The Bertz CT molecular complexity index is 566. The summed E-state index contributed by atoms with van der Waals surface area (Å²) >= 11 is 0. The highest BCUT2D eigenvalue weighted by Gasteiger charge is 2.52. The molecule has 126 valence electrons. The summed E-state index contributed by atoms with van der Waals surface area (Å²) in [7, 11) is 1.50. The predicted octanol–water partition coefficient (Wildman–Crippen LogP) is 2.93. The Labute approximate surface area is 139 Å². The Hall–Kier alpha value is -0.905. The quantitative estimate of drug-likeness (QED) is 0.783. The first-order valence-electron chi connectivity index (χ1n) is 8.53. The van der Waals surface area contributed by atoms with Gasteiger partial charge in [-0.2, -0.15) is 0 Å². The Morgan fingerprint density at radius 3 is 2.17 bits per heavy atom. The number of halogens is 1. The molecule has 0 saturated carbocycles. The van der Waals surface area contributed by atoms with Crippen LogP contribution in [0.2, 0.25) is 0 Å². The van der Waals surface area contributed by atoms with Crippen molar-refractivity contribution in [1.82, 2.24) is 4.90 Å². The number of rotatable bonds is 2. The van der Waals surface area contributed by atoms with Gasteiger partial charge >= 0.3 is 7.12 Å². The molecule has 2 aliphatic heterocycles. The van der Waals surface area contributed by atoms with Crippen molar-refractivity contribution in [3.63, 3.8) is 0 Å². The standard InChI is InChI=1S/C18H27BFNO2/c1-17(2)18(3,4)23-19(22-17)15-7-6-14(12-16(15)20)13-8-10-21(5)11-9-13/h6-7,12-13H,8-11H2,1-5H3. The Balaban J connectivity index is 1.78. The number of hydrogen-bond acceptors (Lipinski definition) is 3. The van der Waals surface area contributed by atoms with Crippen LogP contribution in [-0.4, -0.2) is 43.4 Å². The molecule has 0 N–H and O–H groups in total. The molecule has 0 atom stereocenters. The molecule has 2 aliphatic rings. The van der Waals surface area contributed by atoms with Gasteiger partial charge in [-0.3, -0.25) is 0 Å². The van der Waals surface area contributed by atoms with E-state index in [-0.39, 0.29) is 5.82 Å². The molecule has 1 aromatic rings. The highest BCUT2D eigenvalue weighted by molar-refractivity contribution is 6.62. The first-order chi connectivity index (χ1) is 10.7. The highest BCUT2D eigenvalue weighted by atomic mass is 19.1. The van der Waals surface area contributed by atoms with E-state index in [2.05, 4.69) is 11.9 Å². The average molecular weight is 319 g/mol. The van der Waals surface area contributed by atoms with Crippen molar-refractivity contribution in [2.45, 2.75) is 57.7 Å². The zero-order valence-electron chi connectivity index (χ0n) is 14.9. The lowest BCUT2D eigenvalue weighted by molar-refractivity contribution is 0.00578. The zero-order valence-corrected chi connectivity index (χ0v) is 14.9. The van der Waals surface area contributed by atoms with Gasteiger partial charge in [0.15, 0.2) is 0 Å². The van der Waals surface area contributed by atoms with Crippen LogP contribution in [0.15, 0.2) is 18.2 Å². The van der Waals surface area contributed by atoms with Gasteiger partial charge in [0.1, 0.15) is 5.82 Å². The lowest BCUT2D eigenvalue weighted by Gasteiger charge is -2.32. The molecular formula is C18H27BFNO2. The third-order valence-electron chi connectivity index (χ3n) is 5.72. The normalized spacial score (nSPS) is 25.0. The second kappa shape index (κ2) is 5.87. The molecule has 0 spiro atoms. The van der Waals surface area contributed by atoms with Crippen LogP contribution in [0.4, 0.5) is 4.39 Å². The first-order valence-corrected chi connectivity index (χ1v) is 8.53. The van der Waals surface area contributed by atoms with Gasteiger partial charge in [-0.1, -0.05) is 12.1 Å². The van der Waals surface area contributed by atoms with E-state index in [4.69, 9.17) is 9.31 Å². The van der Waals surface area contributed by atoms with E-state index in [1.54, 1.807) is 6.07 Å². The summed E-state index contributed by atoms with van der Waals surface area (Å²) in [5.74, 6) is 0.230. The molecule has 0 amide bonds.